The van der Waals surface area contributed by atoms with E-state index in [9.17, 15) is 4.79 Å². The Kier molecular flexibility index (Phi) is 3.76. The number of nitrogens with two attached hydrogens (primary N) is 1. The van der Waals surface area contributed by atoms with Gasteiger partial charge in [-0.3, -0.25) is 4.79 Å². The fraction of sp³-hybridized carbons (Fsp3) is 0.200. The normalized spacial score (nSPS) is 11.7. The summed E-state index contributed by atoms with van der Waals surface area (Å²) in [7, 11) is 1.78. The lowest BCUT2D eigenvalue weighted by molar-refractivity contribution is 0.0931. The second-order valence-electron chi connectivity index (χ2n) is 4.70. The largest absolute Gasteiger partial charge is 0.397 e. The number of anilines is 1. The Morgan fingerprint density at radius 1 is 1.40 bits per heavy atom. The van der Waals surface area contributed by atoms with Crippen LogP contribution < -0.4 is 11.1 Å². The molecule has 0 aliphatic carbocycles. The van der Waals surface area contributed by atoms with Crippen LogP contribution in [0, 0.1) is 11.3 Å². The molecule has 1 atom stereocenters. The molecule has 2 rings (SSSR count). The van der Waals surface area contributed by atoms with E-state index in [0.717, 1.165) is 5.56 Å². The number of rotatable bonds is 3. The van der Waals surface area contributed by atoms with Gasteiger partial charge in [0.15, 0.2) is 0 Å². The first-order chi connectivity index (χ1) is 9.51. The fourth-order valence-electron chi connectivity index (χ4n) is 2.02. The molecule has 0 radical (unpaired) electrons. The van der Waals surface area contributed by atoms with Gasteiger partial charge in [0.1, 0.15) is 5.69 Å². The number of nitrogen functional groups attached to an aromatic ring is 1. The quantitative estimate of drug-likeness (QED) is 0.892. The van der Waals surface area contributed by atoms with E-state index in [2.05, 4.69) is 11.4 Å². The summed E-state index contributed by atoms with van der Waals surface area (Å²) in [6.45, 7) is 1.89. The van der Waals surface area contributed by atoms with Crippen molar-refractivity contribution >= 4 is 11.6 Å². The van der Waals surface area contributed by atoms with E-state index < -0.39 is 0 Å². The summed E-state index contributed by atoms with van der Waals surface area (Å²) in [5, 5.41) is 11.7. The molecule has 1 aromatic heterocycles. The van der Waals surface area contributed by atoms with Crippen molar-refractivity contribution in [2.75, 3.05) is 5.73 Å². The lowest BCUT2D eigenvalue weighted by Crippen LogP contribution is -2.28. The Bertz CT molecular complexity index is 664. The highest BCUT2D eigenvalue weighted by atomic mass is 16.2. The highest BCUT2D eigenvalue weighted by Gasteiger charge is 2.14. The number of benzene rings is 1. The molecule has 0 spiro atoms. The van der Waals surface area contributed by atoms with Crippen LogP contribution in [0.2, 0.25) is 0 Å². The second-order valence-corrected chi connectivity index (χ2v) is 4.70. The molecule has 1 heterocycles. The van der Waals surface area contributed by atoms with Gasteiger partial charge in [-0.1, -0.05) is 12.1 Å². The van der Waals surface area contributed by atoms with Crippen LogP contribution in [0.25, 0.3) is 0 Å². The molecule has 2 aromatic rings. The molecule has 102 valence electrons. The van der Waals surface area contributed by atoms with Gasteiger partial charge in [-0.25, -0.2) is 0 Å². The first-order valence-electron chi connectivity index (χ1n) is 6.24. The molecule has 0 aliphatic heterocycles. The van der Waals surface area contributed by atoms with Crippen molar-refractivity contribution in [1.82, 2.24) is 9.88 Å². The number of aromatic nitrogens is 1. The van der Waals surface area contributed by atoms with Gasteiger partial charge < -0.3 is 15.6 Å². The molecular weight excluding hydrogens is 252 g/mol. The van der Waals surface area contributed by atoms with E-state index in [0.29, 0.717) is 16.9 Å². The number of nitrogens with zero attached hydrogens (tertiary/aromatic N) is 2. The van der Waals surface area contributed by atoms with E-state index in [1.54, 1.807) is 36.0 Å². The van der Waals surface area contributed by atoms with Crippen LogP contribution in [0.15, 0.2) is 36.5 Å². The summed E-state index contributed by atoms with van der Waals surface area (Å²) in [6, 6.07) is 10.7. The van der Waals surface area contributed by atoms with E-state index >= 15 is 0 Å². The Labute approximate surface area is 117 Å². The first kappa shape index (κ1) is 13.7. The van der Waals surface area contributed by atoms with E-state index in [1.165, 1.54) is 0 Å². The minimum Gasteiger partial charge on any atom is -0.397 e. The zero-order chi connectivity index (χ0) is 14.7. The Morgan fingerprint density at radius 2 is 2.05 bits per heavy atom. The number of carbonyl (C=O) groups is 1. The van der Waals surface area contributed by atoms with Crippen LogP contribution in [0.3, 0.4) is 0 Å². The van der Waals surface area contributed by atoms with Gasteiger partial charge in [-0.2, -0.15) is 5.26 Å². The van der Waals surface area contributed by atoms with Crippen LogP contribution in [-0.2, 0) is 7.05 Å². The molecule has 0 fully saturated rings. The zero-order valence-corrected chi connectivity index (χ0v) is 11.4. The number of carbonyl (C=O) groups excluding carboxylic acids is 1. The minimum atomic E-state index is -0.180. The molecule has 1 unspecified atom stereocenters. The third-order valence-electron chi connectivity index (χ3n) is 3.15. The summed E-state index contributed by atoms with van der Waals surface area (Å²) in [5.41, 5.74) is 8.28. The lowest BCUT2D eigenvalue weighted by atomic mass is 10.1. The van der Waals surface area contributed by atoms with Crippen molar-refractivity contribution in [3.63, 3.8) is 0 Å². The number of hydrogen-bond acceptors (Lipinski definition) is 3. The fourth-order valence-corrected chi connectivity index (χ4v) is 2.02. The Hall–Kier alpha value is -2.74. The third-order valence-corrected chi connectivity index (χ3v) is 3.15. The highest BCUT2D eigenvalue weighted by molar-refractivity contribution is 5.94. The van der Waals surface area contributed by atoms with Crippen LogP contribution >= 0.6 is 0 Å². The standard InChI is InChI=1S/C15H16N4O/c1-10(12-5-3-11(8-16)4-6-12)18-15(20)14-7-13(17)9-19(14)2/h3-7,9-10H,17H2,1-2H3,(H,18,20). The third kappa shape index (κ3) is 2.81. The van der Waals surface area contributed by atoms with Crippen LogP contribution in [0.1, 0.15) is 34.6 Å². The van der Waals surface area contributed by atoms with E-state index in [1.807, 2.05) is 19.1 Å². The molecular formula is C15H16N4O. The maximum Gasteiger partial charge on any atom is 0.268 e. The van der Waals surface area contributed by atoms with Gasteiger partial charge in [0.05, 0.1) is 23.4 Å². The monoisotopic (exact) mass is 268 g/mol. The predicted molar refractivity (Wildman–Crippen MR) is 76.9 cm³/mol. The summed E-state index contributed by atoms with van der Waals surface area (Å²) in [4.78, 5) is 12.1. The SMILES string of the molecule is CC(NC(=O)c1cc(N)cn1C)c1ccc(C#N)cc1. The van der Waals surface area contributed by atoms with Gasteiger partial charge >= 0.3 is 0 Å². The van der Waals surface area contributed by atoms with Gasteiger partial charge in [-0.05, 0) is 30.7 Å². The molecule has 0 bridgehead atoms. The average Bonchev–Trinajstić information content (AvgIpc) is 2.78. The zero-order valence-electron chi connectivity index (χ0n) is 11.4. The summed E-state index contributed by atoms with van der Waals surface area (Å²) in [6.07, 6.45) is 1.70. The van der Waals surface area contributed by atoms with Crippen molar-refractivity contribution < 1.29 is 4.79 Å². The van der Waals surface area contributed by atoms with E-state index in [4.69, 9.17) is 11.0 Å². The first-order valence-corrected chi connectivity index (χ1v) is 6.24. The number of hydrogen-bond donors (Lipinski definition) is 2. The Balaban J connectivity index is 2.11. The van der Waals surface area contributed by atoms with Crippen molar-refractivity contribution in [3.05, 3.63) is 53.3 Å². The molecule has 0 saturated carbocycles. The molecule has 5 heteroatoms. The molecule has 3 N–H and O–H groups in total. The number of nitriles is 1. The molecule has 1 aromatic carbocycles. The second kappa shape index (κ2) is 5.49. The Morgan fingerprint density at radius 3 is 2.55 bits per heavy atom. The molecule has 0 aliphatic rings. The topological polar surface area (TPSA) is 83.8 Å². The minimum absolute atomic E-state index is 0.147. The number of aryl methyl sites for hydroxylation is 1. The summed E-state index contributed by atoms with van der Waals surface area (Å²) < 4.78 is 1.69. The van der Waals surface area contributed by atoms with Crippen LogP contribution in [-0.4, -0.2) is 10.5 Å². The molecule has 0 saturated heterocycles. The molecule has 5 nitrogen and oxygen atoms in total. The number of nitrogens with one attached hydrogen (secondary N) is 1. The van der Waals surface area contributed by atoms with Crippen molar-refractivity contribution in [2.24, 2.45) is 7.05 Å². The van der Waals surface area contributed by atoms with Crippen LogP contribution in [0.5, 0.6) is 0 Å². The molecule has 20 heavy (non-hydrogen) atoms. The maximum atomic E-state index is 12.1. The van der Waals surface area contributed by atoms with Crippen molar-refractivity contribution in [1.29, 1.82) is 5.26 Å². The smallest absolute Gasteiger partial charge is 0.268 e. The maximum absolute atomic E-state index is 12.1. The predicted octanol–water partition coefficient (Wildman–Crippen LogP) is 1.97. The van der Waals surface area contributed by atoms with Crippen molar-refractivity contribution in [3.8, 4) is 6.07 Å². The molecule has 1 amide bonds. The van der Waals surface area contributed by atoms with Gasteiger partial charge in [0, 0.05) is 13.2 Å². The van der Waals surface area contributed by atoms with Gasteiger partial charge in [0.2, 0.25) is 0 Å². The lowest BCUT2D eigenvalue weighted by Gasteiger charge is -2.14. The van der Waals surface area contributed by atoms with E-state index in [-0.39, 0.29) is 11.9 Å². The summed E-state index contributed by atoms with van der Waals surface area (Å²) in [5.74, 6) is -0.180. The van der Waals surface area contributed by atoms with Crippen LogP contribution in [0.4, 0.5) is 5.69 Å². The summed E-state index contributed by atoms with van der Waals surface area (Å²) >= 11 is 0. The average molecular weight is 268 g/mol. The van der Waals surface area contributed by atoms with Crippen molar-refractivity contribution in [2.45, 2.75) is 13.0 Å². The highest BCUT2D eigenvalue weighted by Crippen LogP contribution is 2.15. The van der Waals surface area contributed by atoms with Gasteiger partial charge in [-0.15, -0.1) is 0 Å². The van der Waals surface area contributed by atoms with Gasteiger partial charge in [0.25, 0.3) is 5.91 Å². The number of amides is 1.